The lowest BCUT2D eigenvalue weighted by atomic mass is 9.77. The number of carbonyl (C=O) groups excluding carboxylic acids is 2. The summed E-state index contributed by atoms with van der Waals surface area (Å²) in [5.41, 5.74) is 5.79. The highest BCUT2D eigenvalue weighted by Gasteiger charge is 2.24. The Morgan fingerprint density at radius 3 is 2.49 bits per heavy atom. The molecule has 0 saturated heterocycles. The molecule has 4 aromatic rings. The molecule has 5 rings (SSSR count). The number of fused-ring (bicyclic) bond motifs is 1. The molecule has 2 aromatic carbocycles. The number of carbonyl (C=O) groups is 2. The summed E-state index contributed by atoms with van der Waals surface area (Å²) in [7, 11) is 0. The second-order valence-corrected chi connectivity index (χ2v) is 10.4. The van der Waals surface area contributed by atoms with Gasteiger partial charge in [-0.1, -0.05) is 42.0 Å². The molecule has 2 heterocycles. The average Bonchev–Trinajstić information content (AvgIpc) is 3.38. The average molecular weight is 528 g/mol. The predicted molar refractivity (Wildman–Crippen MR) is 149 cm³/mol. The molecule has 6 nitrogen and oxygen atoms in total. The second kappa shape index (κ2) is 11.8. The van der Waals surface area contributed by atoms with Crippen LogP contribution in [0.25, 0.3) is 16.8 Å². The molecule has 2 aromatic heterocycles. The number of amides is 1. The normalized spacial score (nSPS) is 17.2. The molecule has 0 unspecified atom stereocenters. The maximum Gasteiger partial charge on any atom is 0.306 e. The largest absolute Gasteiger partial charge is 0.466 e. The van der Waals surface area contributed by atoms with E-state index in [1.807, 2.05) is 36.6 Å². The van der Waals surface area contributed by atoms with Crippen molar-refractivity contribution in [2.45, 2.75) is 58.4 Å². The van der Waals surface area contributed by atoms with Crippen molar-refractivity contribution in [3.63, 3.8) is 0 Å². The van der Waals surface area contributed by atoms with Gasteiger partial charge in [0.25, 0.3) is 5.91 Å². The van der Waals surface area contributed by atoms with Crippen molar-refractivity contribution in [1.29, 1.82) is 0 Å². The van der Waals surface area contributed by atoms with Gasteiger partial charge in [0, 0.05) is 30.9 Å². The van der Waals surface area contributed by atoms with Gasteiger partial charge in [-0.05, 0) is 86.3 Å². The number of pyridine rings is 1. The Morgan fingerprint density at radius 1 is 1.00 bits per heavy atom. The zero-order valence-corrected chi connectivity index (χ0v) is 22.5. The first-order valence-corrected chi connectivity index (χ1v) is 13.7. The van der Waals surface area contributed by atoms with Crippen molar-refractivity contribution < 1.29 is 18.7 Å². The third-order valence-electron chi connectivity index (χ3n) is 7.65. The van der Waals surface area contributed by atoms with E-state index in [1.165, 1.54) is 11.6 Å². The van der Waals surface area contributed by atoms with Gasteiger partial charge in [-0.25, -0.2) is 9.37 Å². The maximum absolute atomic E-state index is 14.0. The third kappa shape index (κ3) is 6.36. The lowest BCUT2D eigenvalue weighted by Gasteiger charge is -2.28. The van der Waals surface area contributed by atoms with Crippen LogP contribution < -0.4 is 5.32 Å². The molecule has 0 radical (unpaired) electrons. The number of benzene rings is 2. The lowest BCUT2D eigenvalue weighted by molar-refractivity contribution is -0.144. The van der Waals surface area contributed by atoms with E-state index in [2.05, 4.69) is 34.6 Å². The molecule has 39 heavy (non-hydrogen) atoms. The Hall–Kier alpha value is -4.00. The number of aromatic nitrogens is 2. The summed E-state index contributed by atoms with van der Waals surface area (Å²) < 4.78 is 21.0. The van der Waals surface area contributed by atoms with E-state index >= 15 is 0 Å². The minimum atomic E-state index is -0.345. The number of ether oxygens (including phenoxy) is 1. The lowest BCUT2D eigenvalue weighted by Crippen LogP contribution is -2.23. The summed E-state index contributed by atoms with van der Waals surface area (Å²) >= 11 is 0. The number of imidazole rings is 1. The van der Waals surface area contributed by atoms with Crippen LogP contribution in [0.3, 0.4) is 0 Å². The minimum absolute atomic E-state index is 0.0782. The Balaban J connectivity index is 1.21. The Kier molecular flexibility index (Phi) is 8.05. The van der Waals surface area contributed by atoms with E-state index in [9.17, 15) is 14.0 Å². The van der Waals surface area contributed by atoms with Gasteiger partial charge >= 0.3 is 5.97 Å². The van der Waals surface area contributed by atoms with Gasteiger partial charge in [-0.3, -0.25) is 9.59 Å². The summed E-state index contributed by atoms with van der Waals surface area (Å²) in [5, 5.41) is 2.77. The van der Waals surface area contributed by atoms with Gasteiger partial charge in [0.1, 0.15) is 17.2 Å². The smallest absolute Gasteiger partial charge is 0.306 e. The molecular formula is C32H34FN3O3. The molecule has 0 aliphatic heterocycles. The highest BCUT2D eigenvalue weighted by Crippen LogP contribution is 2.37. The fourth-order valence-electron chi connectivity index (χ4n) is 5.48. The van der Waals surface area contributed by atoms with Crippen molar-refractivity contribution >= 4 is 17.5 Å². The van der Waals surface area contributed by atoms with Crippen LogP contribution >= 0.6 is 0 Å². The summed E-state index contributed by atoms with van der Waals surface area (Å²) in [4.78, 5) is 28.9. The van der Waals surface area contributed by atoms with Crippen molar-refractivity contribution in [3.8, 4) is 11.1 Å². The standard InChI is InChI=1S/C32H34FN3O3/c1-3-39-31(37)17-22-5-7-23(8-6-22)24-9-11-25(12-10-24)26-13-15-30-35-29(20-36(30)19-26)32(38)34-18-27-16-21(2)4-14-28(27)33/h4,9-16,19-20,22-23H,3,5-8,17-18H2,1-2H3,(H,34,38). The van der Waals surface area contributed by atoms with E-state index < -0.39 is 0 Å². The molecule has 0 spiro atoms. The Labute approximate surface area is 228 Å². The van der Waals surface area contributed by atoms with Gasteiger partial charge < -0.3 is 14.5 Å². The molecule has 1 aliphatic rings. The molecule has 1 saturated carbocycles. The van der Waals surface area contributed by atoms with Crippen LogP contribution in [0.4, 0.5) is 4.39 Å². The number of nitrogens with one attached hydrogen (secondary N) is 1. The van der Waals surface area contributed by atoms with Crippen LogP contribution in [0.2, 0.25) is 0 Å². The summed E-state index contributed by atoms with van der Waals surface area (Å²) in [6.45, 7) is 4.28. The summed E-state index contributed by atoms with van der Waals surface area (Å²) in [6.07, 6.45) is 8.48. The van der Waals surface area contributed by atoms with Crippen molar-refractivity contribution in [3.05, 3.63) is 95.2 Å². The van der Waals surface area contributed by atoms with Gasteiger partial charge in [0.05, 0.1) is 6.61 Å². The first kappa shape index (κ1) is 26.6. The monoisotopic (exact) mass is 527 g/mol. The number of aryl methyl sites for hydroxylation is 1. The van der Waals surface area contributed by atoms with Crippen LogP contribution in [-0.2, 0) is 16.1 Å². The first-order valence-electron chi connectivity index (χ1n) is 13.7. The second-order valence-electron chi connectivity index (χ2n) is 10.4. The fraction of sp³-hybridized carbons (Fsp3) is 0.344. The molecule has 1 fully saturated rings. The van der Waals surface area contributed by atoms with Crippen LogP contribution in [0.1, 0.15) is 72.1 Å². The maximum atomic E-state index is 14.0. The van der Waals surface area contributed by atoms with Crippen LogP contribution in [0.5, 0.6) is 0 Å². The number of nitrogens with zero attached hydrogens (tertiary/aromatic N) is 2. The van der Waals surface area contributed by atoms with Crippen molar-refractivity contribution in [1.82, 2.24) is 14.7 Å². The first-order chi connectivity index (χ1) is 18.9. The predicted octanol–water partition coefficient (Wildman–Crippen LogP) is 6.61. The molecule has 7 heteroatoms. The van der Waals surface area contributed by atoms with E-state index in [0.717, 1.165) is 42.4 Å². The summed E-state index contributed by atoms with van der Waals surface area (Å²) in [6, 6.07) is 17.4. The van der Waals surface area contributed by atoms with Gasteiger partial charge in [0.2, 0.25) is 0 Å². The quantitative estimate of drug-likeness (QED) is 0.262. The molecule has 1 amide bonds. The fourth-order valence-corrected chi connectivity index (χ4v) is 5.48. The van der Waals surface area contributed by atoms with Gasteiger partial charge in [0.15, 0.2) is 0 Å². The molecular weight excluding hydrogens is 493 g/mol. The van der Waals surface area contributed by atoms with E-state index in [0.29, 0.717) is 36.1 Å². The number of esters is 1. The SMILES string of the molecule is CCOC(=O)CC1CCC(c2ccc(-c3ccc4nc(C(=O)NCc5cc(C)ccc5F)cn4c3)cc2)CC1. The molecule has 0 bridgehead atoms. The summed E-state index contributed by atoms with van der Waals surface area (Å²) in [5.74, 6) is 0.182. The van der Waals surface area contributed by atoms with Crippen molar-refractivity contribution in [2.24, 2.45) is 5.92 Å². The topological polar surface area (TPSA) is 72.7 Å². The van der Waals surface area contributed by atoms with Crippen LogP contribution in [0, 0.1) is 18.7 Å². The van der Waals surface area contributed by atoms with Crippen LogP contribution in [-0.4, -0.2) is 27.9 Å². The highest BCUT2D eigenvalue weighted by atomic mass is 19.1. The van der Waals surface area contributed by atoms with Crippen LogP contribution in [0.15, 0.2) is 67.0 Å². The molecule has 202 valence electrons. The Morgan fingerprint density at radius 2 is 1.74 bits per heavy atom. The van der Waals surface area contributed by atoms with E-state index in [-0.39, 0.29) is 29.9 Å². The Bertz CT molecular complexity index is 1470. The number of rotatable bonds is 8. The zero-order valence-electron chi connectivity index (χ0n) is 22.5. The van der Waals surface area contributed by atoms with Gasteiger partial charge in [-0.15, -0.1) is 0 Å². The van der Waals surface area contributed by atoms with E-state index in [1.54, 1.807) is 18.3 Å². The van der Waals surface area contributed by atoms with E-state index in [4.69, 9.17) is 4.74 Å². The third-order valence-corrected chi connectivity index (χ3v) is 7.65. The minimum Gasteiger partial charge on any atom is -0.466 e. The highest BCUT2D eigenvalue weighted by molar-refractivity contribution is 5.92. The van der Waals surface area contributed by atoms with Crippen molar-refractivity contribution in [2.75, 3.05) is 6.61 Å². The molecule has 1 N–H and O–H groups in total. The molecule has 1 aliphatic carbocycles. The zero-order chi connectivity index (χ0) is 27.4. The number of hydrogen-bond acceptors (Lipinski definition) is 4. The number of hydrogen-bond donors (Lipinski definition) is 1. The van der Waals surface area contributed by atoms with Gasteiger partial charge in [-0.2, -0.15) is 0 Å². The molecule has 0 atom stereocenters. The number of halogens is 1.